The van der Waals surface area contributed by atoms with Crippen molar-refractivity contribution < 1.29 is 0 Å². The number of nitrogens with one attached hydrogen (secondary N) is 1. The molecule has 0 saturated heterocycles. The van der Waals surface area contributed by atoms with Gasteiger partial charge in [0.15, 0.2) is 0 Å². The molecular formula is C15H21BrN2. The Balaban J connectivity index is 1.99. The lowest BCUT2D eigenvalue weighted by molar-refractivity contribution is 0.274. The summed E-state index contributed by atoms with van der Waals surface area (Å²) in [5.41, 5.74) is 3.02. The number of rotatable bonds is 0. The van der Waals surface area contributed by atoms with Crippen molar-refractivity contribution in [1.82, 2.24) is 0 Å². The molecule has 1 aliphatic carbocycles. The van der Waals surface area contributed by atoms with E-state index in [1.165, 1.54) is 49.9 Å². The monoisotopic (exact) mass is 308 g/mol. The van der Waals surface area contributed by atoms with Crippen molar-refractivity contribution >= 4 is 27.3 Å². The first kappa shape index (κ1) is 12.3. The Labute approximate surface area is 118 Å². The number of hydrogen-bond donors (Lipinski definition) is 1. The standard InChI is InChI=1S/C15H21BrN2/c1-18-14-6-5-12(16)11-13(14)17-10-9-15(18)7-3-2-4-8-15/h5-6,11,17H,2-4,7-10H2,1H3. The third-order valence-electron chi connectivity index (χ3n) is 4.72. The molecule has 0 radical (unpaired) electrons. The predicted molar refractivity (Wildman–Crippen MR) is 81.5 cm³/mol. The van der Waals surface area contributed by atoms with Gasteiger partial charge in [0.25, 0.3) is 0 Å². The Morgan fingerprint density at radius 2 is 1.94 bits per heavy atom. The summed E-state index contributed by atoms with van der Waals surface area (Å²) in [5, 5.41) is 3.60. The van der Waals surface area contributed by atoms with E-state index in [0.717, 1.165) is 11.0 Å². The fourth-order valence-corrected chi connectivity index (χ4v) is 3.95. The number of benzene rings is 1. The quantitative estimate of drug-likeness (QED) is 0.764. The van der Waals surface area contributed by atoms with E-state index in [-0.39, 0.29) is 0 Å². The Morgan fingerprint density at radius 3 is 2.72 bits per heavy atom. The first-order chi connectivity index (χ1) is 8.71. The van der Waals surface area contributed by atoms with Crippen molar-refractivity contribution in [2.24, 2.45) is 0 Å². The minimum absolute atomic E-state index is 0.393. The first-order valence-electron chi connectivity index (χ1n) is 6.99. The van der Waals surface area contributed by atoms with E-state index >= 15 is 0 Å². The maximum atomic E-state index is 3.60. The van der Waals surface area contributed by atoms with Gasteiger partial charge < -0.3 is 10.2 Å². The fourth-order valence-electron chi connectivity index (χ4n) is 3.59. The lowest BCUT2D eigenvalue weighted by Gasteiger charge is -2.45. The molecule has 1 spiro atoms. The summed E-state index contributed by atoms with van der Waals surface area (Å²) < 4.78 is 1.15. The van der Waals surface area contributed by atoms with Gasteiger partial charge in [0.1, 0.15) is 0 Å². The van der Waals surface area contributed by atoms with Gasteiger partial charge in [0.2, 0.25) is 0 Å². The van der Waals surface area contributed by atoms with Crippen molar-refractivity contribution in [3.63, 3.8) is 0 Å². The summed E-state index contributed by atoms with van der Waals surface area (Å²) in [5.74, 6) is 0. The highest BCUT2D eigenvalue weighted by Gasteiger charge is 2.37. The molecule has 2 aliphatic rings. The first-order valence-corrected chi connectivity index (χ1v) is 7.78. The van der Waals surface area contributed by atoms with Gasteiger partial charge in [0, 0.05) is 23.6 Å². The highest BCUT2D eigenvalue weighted by atomic mass is 79.9. The molecule has 0 aromatic heterocycles. The molecule has 1 fully saturated rings. The molecule has 3 heteroatoms. The molecule has 18 heavy (non-hydrogen) atoms. The van der Waals surface area contributed by atoms with E-state index in [2.05, 4.69) is 51.4 Å². The van der Waals surface area contributed by atoms with Crippen LogP contribution in [0.5, 0.6) is 0 Å². The van der Waals surface area contributed by atoms with Crippen LogP contribution < -0.4 is 10.2 Å². The van der Waals surface area contributed by atoms with Crippen LogP contribution in [0.1, 0.15) is 38.5 Å². The molecule has 0 atom stereocenters. The average Bonchev–Trinajstić information content (AvgIpc) is 2.50. The number of anilines is 2. The lowest BCUT2D eigenvalue weighted by atomic mass is 9.78. The number of nitrogens with zero attached hydrogens (tertiary/aromatic N) is 1. The maximum absolute atomic E-state index is 3.60. The van der Waals surface area contributed by atoms with Gasteiger partial charge >= 0.3 is 0 Å². The third-order valence-corrected chi connectivity index (χ3v) is 5.21. The van der Waals surface area contributed by atoms with Crippen LogP contribution in [0.25, 0.3) is 0 Å². The molecule has 1 aromatic carbocycles. The molecule has 1 aliphatic heterocycles. The Hall–Kier alpha value is -0.700. The smallest absolute Gasteiger partial charge is 0.0604 e. The predicted octanol–water partition coefficient (Wildman–Crippen LogP) is 4.40. The number of hydrogen-bond acceptors (Lipinski definition) is 2. The van der Waals surface area contributed by atoms with Crippen LogP contribution in [0.4, 0.5) is 11.4 Å². The van der Waals surface area contributed by atoms with Crippen LogP contribution >= 0.6 is 15.9 Å². The molecule has 2 nitrogen and oxygen atoms in total. The molecule has 3 rings (SSSR count). The molecule has 1 heterocycles. The number of halogens is 1. The topological polar surface area (TPSA) is 15.3 Å². The van der Waals surface area contributed by atoms with Crippen molar-refractivity contribution in [3.8, 4) is 0 Å². The van der Waals surface area contributed by atoms with Gasteiger partial charge in [-0.3, -0.25) is 0 Å². The summed E-state index contributed by atoms with van der Waals surface area (Å²) >= 11 is 3.56. The second-order valence-electron chi connectivity index (χ2n) is 5.68. The Morgan fingerprint density at radius 1 is 1.17 bits per heavy atom. The molecule has 1 aromatic rings. The largest absolute Gasteiger partial charge is 0.383 e. The van der Waals surface area contributed by atoms with Gasteiger partial charge in [0.05, 0.1) is 11.4 Å². The molecule has 1 N–H and O–H groups in total. The van der Waals surface area contributed by atoms with E-state index in [4.69, 9.17) is 0 Å². The van der Waals surface area contributed by atoms with Gasteiger partial charge in [-0.15, -0.1) is 0 Å². The maximum Gasteiger partial charge on any atom is 0.0604 e. The summed E-state index contributed by atoms with van der Waals surface area (Å²) in [4.78, 5) is 2.55. The number of fused-ring (bicyclic) bond motifs is 1. The summed E-state index contributed by atoms with van der Waals surface area (Å²) in [6, 6.07) is 6.60. The zero-order valence-corrected chi connectivity index (χ0v) is 12.6. The zero-order valence-electron chi connectivity index (χ0n) is 11.0. The van der Waals surface area contributed by atoms with Crippen LogP contribution in [0, 0.1) is 0 Å². The summed E-state index contributed by atoms with van der Waals surface area (Å²) in [6.45, 7) is 1.09. The van der Waals surface area contributed by atoms with E-state index in [1.807, 2.05) is 0 Å². The van der Waals surface area contributed by atoms with Crippen LogP contribution in [0.3, 0.4) is 0 Å². The molecule has 1 saturated carbocycles. The normalized spacial score (nSPS) is 22.2. The minimum Gasteiger partial charge on any atom is -0.383 e. The fraction of sp³-hybridized carbons (Fsp3) is 0.600. The Kier molecular flexibility index (Phi) is 3.27. The highest BCUT2D eigenvalue weighted by molar-refractivity contribution is 9.10. The average molecular weight is 309 g/mol. The molecule has 98 valence electrons. The zero-order chi connectivity index (χ0) is 12.6. The SMILES string of the molecule is CN1c2ccc(Br)cc2NCCC12CCCCC2. The van der Waals surface area contributed by atoms with Gasteiger partial charge in [-0.25, -0.2) is 0 Å². The van der Waals surface area contributed by atoms with Crippen molar-refractivity contribution in [2.75, 3.05) is 23.8 Å². The van der Waals surface area contributed by atoms with Gasteiger partial charge in [-0.2, -0.15) is 0 Å². The summed E-state index contributed by atoms with van der Waals surface area (Å²) in [6.07, 6.45) is 8.14. The van der Waals surface area contributed by atoms with Gasteiger partial charge in [-0.05, 0) is 37.5 Å². The van der Waals surface area contributed by atoms with E-state index in [0.29, 0.717) is 5.54 Å². The minimum atomic E-state index is 0.393. The molecule has 0 unspecified atom stereocenters. The van der Waals surface area contributed by atoms with Crippen molar-refractivity contribution in [3.05, 3.63) is 22.7 Å². The lowest BCUT2D eigenvalue weighted by Crippen LogP contribution is -2.48. The van der Waals surface area contributed by atoms with Crippen LogP contribution in [-0.4, -0.2) is 19.1 Å². The third kappa shape index (κ3) is 2.03. The van der Waals surface area contributed by atoms with E-state index < -0.39 is 0 Å². The van der Waals surface area contributed by atoms with E-state index in [1.54, 1.807) is 0 Å². The molecular weight excluding hydrogens is 288 g/mol. The molecule has 0 amide bonds. The summed E-state index contributed by atoms with van der Waals surface area (Å²) in [7, 11) is 2.28. The highest BCUT2D eigenvalue weighted by Crippen LogP contribution is 2.43. The second kappa shape index (κ2) is 4.76. The van der Waals surface area contributed by atoms with Crippen molar-refractivity contribution in [2.45, 2.75) is 44.1 Å². The van der Waals surface area contributed by atoms with Crippen LogP contribution in [-0.2, 0) is 0 Å². The molecule has 0 bridgehead atoms. The Bertz CT molecular complexity index is 438. The second-order valence-corrected chi connectivity index (χ2v) is 6.60. The van der Waals surface area contributed by atoms with Crippen LogP contribution in [0.15, 0.2) is 22.7 Å². The van der Waals surface area contributed by atoms with Crippen molar-refractivity contribution in [1.29, 1.82) is 0 Å². The van der Waals surface area contributed by atoms with Gasteiger partial charge in [-0.1, -0.05) is 35.2 Å². The van der Waals surface area contributed by atoms with E-state index in [9.17, 15) is 0 Å². The van der Waals surface area contributed by atoms with Crippen LogP contribution in [0.2, 0.25) is 0 Å².